The highest BCUT2D eigenvalue weighted by molar-refractivity contribution is 7.09. The number of ether oxygens (including phenoxy) is 1. The molecule has 0 fully saturated rings. The maximum Gasteiger partial charge on any atom is 0.409 e. The molecule has 0 saturated heterocycles. The minimum atomic E-state index is -0.505. The molecule has 20 heavy (non-hydrogen) atoms. The predicted molar refractivity (Wildman–Crippen MR) is 81.0 cm³/mol. The van der Waals surface area contributed by atoms with Gasteiger partial charge >= 0.3 is 6.09 Å². The number of hydrogen-bond acceptors (Lipinski definition) is 5. The van der Waals surface area contributed by atoms with Crippen LogP contribution in [0.4, 0.5) is 10.7 Å². The minimum absolute atomic E-state index is 0.233. The Hall–Kier alpha value is -1.76. The molecule has 0 saturated carbocycles. The average molecular weight is 296 g/mol. The number of anilines is 1. The number of aromatic nitrogens is 2. The van der Waals surface area contributed by atoms with Crippen molar-refractivity contribution in [2.45, 2.75) is 45.9 Å². The van der Waals surface area contributed by atoms with Crippen LogP contribution < -0.4 is 10.6 Å². The van der Waals surface area contributed by atoms with Crippen LogP contribution in [0.1, 0.15) is 34.1 Å². The van der Waals surface area contributed by atoms with Crippen molar-refractivity contribution in [3.05, 3.63) is 10.8 Å². The van der Waals surface area contributed by atoms with E-state index in [0.717, 1.165) is 11.0 Å². The Morgan fingerprint density at radius 1 is 1.50 bits per heavy atom. The Morgan fingerprint density at radius 2 is 2.25 bits per heavy atom. The van der Waals surface area contributed by atoms with E-state index in [0.29, 0.717) is 12.4 Å². The van der Waals surface area contributed by atoms with E-state index < -0.39 is 11.7 Å². The number of amides is 1. The molecule has 0 bridgehead atoms. The second-order valence-corrected chi connectivity index (χ2v) is 6.25. The summed E-state index contributed by atoms with van der Waals surface area (Å²) in [5, 5.41) is 9.89. The van der Waals surface area contributed by atoms with E-state index in [-0.39, 0.29) is 6.17 Å². The van der Waals surface area contributed by atoms with Crippen LogP contribution in [0, 0.1) is 0 Å². The van der Waals surface area contributed by atoms with Gasteiger partial charge in [-0.2, -0.15) is 0 Å². The zero-order chi connectivity index (χ0) is 14.8. The van der Waals surface area contributed by atoms with Gasteiger partial charge in [0.15, 0.2) is 0 Å². The first-order valence-electron chi connectivity index (χ1n) is 6.55. The summed E-state index contributed by atoms with van der Waals surface area (Å²) in [6, 6.07) is 0. The van der Waals surface area contributed by atoms with Crippen LogP contribution in [0.5, 0.6) is 0 Å². The molecule has 2 rings (SSSR count). The predicted octanol–water partition coefficient (Wildman–Crippen LogP) is 3.30. The standard InChI is InChI=1S/C13H20N4O2S/c1-5-10(17-12(18)19-13(2,3)4)16-11-14-8-6-20-7-9(8)15-11/h6-7,10H,5H2,1-4H3,(H,17,18)(H2,14,15,16). The Balaban J connectivity index is 1.95. The zero-order valence-electron chi connectivity index (χ0n) is 12.1. The van der Waals surface area contributed by atoms with Gasteiger partial charge in [-0.25, -0.2) is 9.78 Å². The fourth-order valence-corrected chi connectivity index (χ4v) is 2.36. The third-order valence-electron chi connectivity index (χ3n) is 2.54. The van der Waals surface area contributed by atoms with Gasteiger partial charge in [-0.05, 0) is 27.2 Å². The summed E-state index contributed by atoms with van der Waals surface area (Å²) >= 11 is 1.60. The van der Waals surface area contributed by atoms with Crippen molar-refractivity contribution in [3.63, 3.8) is 0 Å². The summed E-state index contributed by atoms with van der Waals surface area (Å²) < 4.78 is 5.23. The Kier molecular flexibility index (Phi) is 4.17. The molecule has 2 aromatic rings. The molecular weight excluding hydrogens is 276 g/mol. The Labute approximate surface area is 121 Å². The topological polar surface area (TPSA) is 79.0 Å². The van der Waals surface area contributed by atoms with E-state index in [2.05, 4.69) is 20.6 Å². The van der Waals surface area contributed by atoms with Crippen LogP contribution in [0.3, 0.4) is 0 Å². The molecule has 1 unspecified atom stereocenters. The highest BCUT2D eigenvalue weighted by Gasteiger charge is 2.19. The Bertz CT molecular complexity index is 556. The van der Waals surface area contributed by atoms with Crippen molar-refractivity contribution in [2.75, 3.05) is 5.32 Å². The lowest BCUT2D eigenvalue weighted by Crippen LogP contribution is -2.43. The van der Waals surface area contributed by atoms with Gasteiger partial charge in [0, 0.05) is 10.8 Å². The highest BCUT2D eigenvalue weighted by atomic mass is 32.1. The van der Waals surface area contributed by atoms with E-state index in [4.69, 9.17) is 4.74 Å². The number of H-pyrrole nitrogens is 1. The highest BCUT2D eigenvalue weighted by Crippen LogP contribution is 2.18. The SMILES string of the molecule is CCC(NC(=O)OC(C)(C)C)Nc1nc2cscc2[nH]1. The molecule has 3 N–H and O–H groups in total. The third kappa shape index (κ3) is 3.86. The smallest absolute Gasteiger partial charge is 0.409 e. The molecule has 2 aromatic heterocycles. The van der Waals surface area contributed by atoms with Crippen molar-refractivity contribution in [3.8, 4) is 0 Å². The molecule has 7 heteroatoms. The van der Waals surface area contributed by atoms with Crippen LogP contribution in [0.25, 0.3) is 11.0 Å². The van der Waals surface area contributed by atoms with Crippen LogP contribution in [0.2, 0.25) is 0 Å². The van der Waals surface area contributed by atoms with Crippen LogP contribution in [-0.2, 0) is 4.74 Å². The number of nitrogens with zero attached hydrogens (tertiary/aromatic N) is 1. The lowest BCUT2D eigenvalue weighted by atomic mass is 10.2. The number of thiophene rings is 1. The van der Waals surface area contributed by atoms with Crippen molar-refractivity contribution in [1.29, 1.82) is 0 Å². The molecule has 0 aliphatic rings. The number of alkyl carbamates (subject to hydrolysis) is 1. The van der Waals surface area contributed by atoms with Gasteiger partial charge in [0.25, 0.3) is 0 Å². The number of nitrogens with one attached hydrogen (secondary N) is 3. The first-order valence-corrected chi connectivity index (χ1v) is 7.49. The number of rotatable bonds is 4. The average Bonchev–Trinajstić information content (AvgIpc) is 2.85. The third-order valence-corrected chi connectivity index (χ3v) is 3.27. The fourth-order valence-electron chi connectivity index (χ4n) is 1.67. The molecule has 110 valence electrons. The van der Waals surface area contributed by atoms with Gasteiger partial charge in [0.2, 0.25) is 5.95 Å². The largest absolute Gasteiger partial charge is 0.444 e. The van der Waals surface area contributed by atoms with Gasteiger partial charge < -0.3 is 20.4 Å². The molecule has 2 heterocycles. The molecule has 1 atom stereocenters. The zero-order valence-corrected chi connectivity index (χ0v) is 12.9. The van der Waals surface area contributed by atoms with E-state index in [1.165, 1.54) is 0 Å². The summed E-state index contributed by atoms with van der Waals surface area (Å²) in [5.74, 6) is 0.644. The Morgan fingerprint density at radius 3 is 2.85 bits per heavy atom. The van der Waals surface area contributed by atoms with E-state index in [9.17, 15) is 4.79 Å². The van der Waals surface area contributed by atoms with E-state index >= 15 is 0 Å². The summed E-state index contributed by atoms with van der Waals surface area (Å²) in [6.07, 6.45) is 0.0423. The number of carbonyl (C=O) groups excluding carboxylic acids is 1. The number of aromatic amines is 1. The van der Waals surface area contributed by atoms with E-state index in [1.54, 1.807) is 11.3 Å². The second-order valence-electron chi connectivity index (χ2n) is 5.51. The van der Waals surface area contributed by atoms with Gasteiger partial charge in [-0.1, -0.05) is 6.92 Å². The summed E-state index contributed by atoms with van der Waals surface area (Å²) in [7, 11) is 0. The fraction of sp³-hybridized carbons (Fsp3) is 0.538. The number of imidazole rings is 1. The molecular formula is C13H20N4O2S. The molecule has 6 nitrogen and oxygen atoms in total. The number of hydrogen-bond donors (Lipinski definition) is 3. The van der Waals surface area contributed by atoms with Crippen LogP contribution >= 0.6 is 11.3 Å². The van der Waals surface area contributed by atoms with Crippen LogP contribution in [0.15, 0.2) is 10.8 Å². The van der Waals surface area contributed by atoms with Crippen LogP contribution in [-0.4, -0.2) is 27.8 Å². The lowest BCUT2D eigenvalue weighted by Gasteiger charge is -2.23. The molecule has 1 amide bonds. The van der Waals surface area contributed by atoms with Gasteiger partial charge in [0.05, 0.1) is 5.52 Å². The summed E-state index contributed by atoms with van der Waals surface area (Å²) in [4.78, 5) is 19.3. The number of carbonyl (C=O) groups is 1. The monoisotopic (exact) mass is 296 g/mol. The van der Waals surface area contributed by atoms with E-state index in [1.807, 2.05) is 38.5 Å². The van der Waals surface area contributed by atoms with Crippen molar-refractivity contribution in [2.24, 2.45) is 0 Å². The quantitative estimate of drug-likeness (QED) is 0.756. The molecule has 0 radical (unpaired) electrons. The summed E-state index contributed by atoms with van der Waals surface area (Å²) in [5.41, 5.74) is 1.41. The van der Waals surface area contributed by atoms with Crippen molar-refractivity contribution >= 4 is 34.4 Å². The second kappa shape index (κ2) is 5.70. The van der Waals surface area contributed by atoms with Gasteiger partial charge in [0.1, 0.15) is 17.3 Å². The van der Waals surface area contributed by atoms with Gasteiger partial charge in [-0.15, -0.1) is 11.3 Å². The van der Waals surface area contributed by atoms with Crippen molar-refractivity contribution < 1.29 is 9.53 Å². The summed E-state index contributed by atoms with van der Waals surface area (Å²) in [6.45, 7) is 7.48. The first kappa shape index (κ1) is 14.6. The number of fused-ring (bicyclic) bond motifs is 1. The maximum atomic E-state index is 11.7. The molecule has 0 spiro atoms. The first-order chi connectivity index (χ1) is 9.37. The molecule has 0 aromatic carbocycles. The van der Waals surface area contributed by atoms with Crippen molar-refractivity contribution in [1.82, 2.24) is 15.3 Å². The maximum absolute atomic E-state index is 11.7. The molecule has 0 aliphatic carbocycles. The molecule has 0 aliphatic heterocycles. The van der Waals surface area contributed by atoms with Gasteiger partial charge in [-0.3, -0.25) is 0 Å². The minimum Gasteiger partial charge on any atom is -0.444 e. The normalized spacial score (nSPS) is 13.2. The lowest BCUT2D eigenvalue weighted by molar-refractivity contribution is 0.0509.